The summed E-state index contributed by atoms with van der Waals surface area (Å²) in [6.45, 7) is 2.69. The number of carbonyl (C=O) groups is 1. The van der Waals surface area contributed by atoms with E-state index >= 15 is 0 Å². The van der Waals surface area contributed by atoms with E-state index in [0.717, 1.165) is 32.5 Å². The van der Waals surface area contributed by atoms with Crippen molar-refractivity contribution in [2.45, 2.75) is 19.3 Å². The Kier molecular flexibility index (Phi) is 3.21. The Morgan fingerprint density at radius 1 is 1.40 bits per heavy atom. The Hall–Kier alpha value is -1.09. The molecule has 0 bridgehead atoms. The van der Waals surface area contributed by atoms with Gasteiger partial charge in [0.05, 0.1) is 6.61 Å². The average molecular weight is 207 g/mol. The summed E-state index contributed by atoms with van der Waals surface area (Å²) in [5.41, 5.74) is 2.59. The number of methoxy groups -OCH3 is 1. The molecular weight excluding hydrogens is 190 g/mol. The van der Waals surface area contributed by atoms with E-state index in [1.165, 1.54) is 11.3 Å². The maximum atomic E-state index is 11.1. The van der Waals surface area contributed by atoms with E-state index < -0.39 is 0 Å². The zero-order valence-electron chi connectivity index (χ0n) is 9.16. The van der Waals surface area contributed by atoms with E-state index in [1.54, 1.807) is 13.2 Å². The second-order valence-electron chi connectivity index (χ2n) is 4.09. The molecule has 0 atom stereocenters. The number of rotatable bonds is 3. The van der Waals surface area contributed by atoms with E-state index in [4.69, 9.17) is 4.74 Å². The first-order chi connectivity index (χ1) is 7.29. The minimum absolute atomic E-state index is 0.275. The van der Waals surface area contributed by atoms with E-state index in [-0.39, 0.29) is 5.78 Å². The van der Waals surface area contributed by atoms with Crippen molar-refractivity contribution in [2.75, 3.05) is 26.8 Å². The summed E-state index contributed by atoms with van der Waals surface area (Å²) in [6.07, 6.45) is 6.69. The van der Waals surface area contributed by atoms with Crippen LogP contribution in [0.5, 0.6) is 0 Å². The molecule has 2 aliphatic rings. The number of hydrogen-bond acceptors (Lipinski definition) is 3. The summed E-state index contributed by atoms with van der Waals surface area (Å²) in [6, 6.07) is 0. The topological polar surface area (TPSA) is 29.5 Å². The second kappa shape index (κ2) is 4.62. The number of carbonyl (C=O) groups excluding carboxylic acids is 1. The molecule has 0 saturated heterocycles. The monoisotopic (exact) mass is 207 g/mol. The summed E-state index contributed by atoms with van der Waals surface area (Å²) in [5.74, 6) is 0.275. The first kappa shape index (κ1) is 10.4. The van der Waals surface area contributed by atoms with Gasteiger partial charge in [0.1, 0.15) is 0 Å². The van der Waals surface area contributed by atoms with Crippen LogP contribution in [0.25, 0.3) is 0 Å². The zero-order valence-corrected chi connectivity index (χ0v) is 9.16. The fourth-order valence-corrected chi connectivity index (χ4v) is 2.12. The molecule has 0 unspecified atom stereocenters. The molecule has 1 heterocycles. The lowest BCUT2D eigenvalue weighted by atomic mass is 10.1. The van der Waals surface area contributed by atoms with Crippen LogP contribution in [0.2, 0.25) is 0 Å². The van der Waals surface area contributed by atoms with Crippen molar-refractivity contribution in [1.29, 1.82) is 0 Å². The van der Waals surface area contributed by atoms with Crippen LogP contribution in [0, 0.1) is 0 Å². The fourth-order valence-electron chi connectivity index (χ4n) is 2.12. The average Bonchev–Trinajstić information content (AvgIpc) is 2.67. The molecule has 3 heteroatoms. The van der Waals surface area contributed by atoms with Gasteiger partial charge in [0.2, 0.25) is 0 Å². The van der Waals surface area contributed by atoms with Gasteiger partial charge in [-0.3, -0.25) is 4.79 Å². The third-order valence-electron chi connectivity index (χ3n) is 2.99. The van der Waals surface area contributed by atoms with Gasteiger partial charge in [-0.25, -0.2) is 0 Å². The van der Waals surface area contributed by atoms with Crippen LogP contribution in [0.4, 0.5) is 0 Å². The number of hydrogen-bond donors (Lipinski definition) is 0. The van der Waals surface area contributed by atoms with Gasteiger partial charge in [-0.15, -0.1) is 0 Å². The highest BCUT2D eigenvalue weighted by Crippen LogP contribution is 2.22. The molecule has 0 amide bonds. The predicted octanol–water partition coefficient (Wildman–Crippen LogP) is 1.51. The van der Waals surface area contributed by atoms with Gasteiger partial charge in [0.15, 0.2) is 5.78 Å². The van der Waals surface area contributed by atoms with Gasteiger partial charge in [-0.2, -0.15) is 0 Å². The SMILES string of the molecule is COCC1=CCN(C2=CC(=O)CC2)CC1. The normalized spacial score (nSPS) is 21.7. The minimum Gasteiger partial charge on any atom is -0.380 e. The molecule has 2 rings (SSSR count). The third kappa shape index (κ3) is 2.48. The number of ether oxygens (including phenoxy) is 1. The van der Waals surface area contributed by atoms with Gasteiger partial charge in [-0.05, 0) is 18.4 Å². The molecule has 82 valence electrons. The van der Waals surface area contributed by atoms with Crippen molar-refractivity contribution in [3.8, 4) is 0 Å². The Bertz CT molecular complexity index is 318. The first-order valence-electron chi connectivity index (χ1n) is 5.45. The van der Waals surface area contributed by atoms with E-state index in [0.29, 0.717) is 6.42 Å². The number of nitrogens with zero attached hydrogens (tertiary/aromatic N) is 1. The Labute approximate surface area is 90.4 Å². The summed E-state index contributed by atoms with van der Waals surface area (Å²) >= 11 is 0. The number of ketones is 1. The van der Waals surface area contributed by atoms with E-state index in [1.807, 2.05) is 0 Å². The quantitative estimate of drug-likeness (QED) is 0.657. The lowest BCUT2D eigenvalue weighted by molar-refractivity contribution is -0.114. The molecule has 0 radical (unpaired) electrons. The largest absolute Gasteiger partial charge is 0.380 e. The van der Waals surface area contributed by atoms with Gasteiger partial charge in [0.25, 0.3) is 0 Å². The van der Waals surface area contributed by atoms with Crippen LogP contribution in [0.3, 0.4) is 0 Å². The fraction of sp³-hybridized carbons (Fsp3) is 0.583. The van der Waals surface area contributed by atoms with Gasteiger partial charge >= 0.3 is 0 Å². The maximum absolute atomic E-state index is 11.1. The summed E-state index contributed by atoms with van der Waals surface area (Å²) in [5, 5.41) is 0. The molecule has 3 nitrogen and oxygen atoms in total. The lowest BCUT2D eigenvalue weighted by Crippen LogP contribution is -2.28. The van der Waals surface area contributed by atoms with Gasteiger partial charge < -0.3 is 9.64 Å². The Morgan fingerprint density at radius 3 is 2.80 bits per heavy atom. The Balaban J connectivity index is 1.93. The minimum atomic E-state index is 0.275. The van der Waals surface area contributed by atoms with E-state index in [2.05, 4.69) is 11.0 Å². The zero-order chi connectivity index (χ0) is 10.7. The summed E-state index contributed by atoms with van der Waals surface area (Å²) in [7, 11) is 1.73. The lowest BCUT2D eigenvalue weighted by Gasteiger charge is -2.29. The standard InChI is InChI=1S/C12H17NO2/c1-15-9-10-4-6-13(7-5-10)11-2-3-12(14)8-11/h4,8H,2-3,5-7,9H2,1H3. The molecule has 0 spiro atoms. The molecule has 0 fully saturated rings. The maximum Gasteiger partial charge on any atom is 0.157 e. The van der Waals surface area contributed by atoms with Gasteiger partial charge in [-0.1, -0.05) is 6.08 Å². The van der Waals surface area contributed by atoms with Crippen molar-refractivity contribution in [2.24, 2.45) is 0 Å². The molecule has 0 aromatic rings. The van der Waals surface area contributed by atoms with Crippen LogP contribution in [-0.4, -0.2) is 37.5 Å². The molecule has 0 saturated carbocycles. The second-order valence-corrected chi connectivity index (χ2v) is 4.09. The summed E-state index contributed by atoms with van der Waals surface area (Å²) < 4.78 is 5.10. The molecule has 15 heavy (non-hydrogen) atoms. The molecule has 0 aromatic carbocycles. The highest BCUT2D eigenvalue weighted by molar-refractivity contribution is 5.92. The number of allylic oxidation sites excluding steroid dienone is 2. The smallest absolute Gasteiger partial charge is 0.157 e. The highest BCUT2D eigenvalue weighted by Gasteiger charge is 2.19. The van der Waals surface area contributed by atoms with Crippen LogP contribution in [0.1, 0.15) is 19.3 Å². The van der Waals surface area contributed by atoms with Crippen LogP contribution in [0.15, 0.2) is 23.4 Å². The van der Waals surface area contributed by atoms with Crippen molar-refractivity contribution >= 4 is 5.78 Å². The van der Waals surface area contributed by atoms with Crippen LogP contribution >= 0.6 is 0 Å². The predicted molar refractivity (Wildman–Crippen MR) is 58.5 cm³/mol. The van der Waals surface area contributed by atoms with Gasteiger partial charge in [0, 0.05) is 38.4 Å². The van der Waals surface area contributed by atoms with Crippen molar-refractivity contribution < 1.29 is 9.53 Å². The Morgan fingerprint density at radius 2 is 2.27 bits per heavy atom. The highest BCUT2D eigenvalue weighted by atomic mass is 16.5. The molecular formula is C12H17NO2. The molecule has 1 aliphatic carbocycles. The molecule has 0 N–H and O–H groups in total. The van der Waals surface area contributed by atoms with Crippen LogP contribution < -0.4 is 0 Å². The first-order valence-corrected chi connectivity index (χ1v) is 5.45. The van der Waals surface area contributed by atoms with E-state index in [9.17, 15) is 4.79 Å². The van der Waals surface area contributed by atoms with Crippen molar-refractivity contribution in [1.82, 2.24) is 4.90 Å². The van der Waals surface area contributed by atoms with Crippen molar-refractivity contribution in [3.05, 3.63) is 23.4 Å². The van der Waals surface area contributed by atoms with Crippen LogP contribution in [-0.2, 0) is 9.53 Å². The molecule has 1 aliphatic heterocycles. The third-order valence-corrected chi connectivity index (χ3v) is 2.99. The molecule has 0 aromatic heterocycles. The summed E-state index contributed by atoms with van der Waals surface area (Å²) in [4.78, 5) is 13.4. The van der Waals surface area contributed by atoms with Crippen molar-refractivity contribution in [3.63, 3.8) is 0 Å².